The molecule has 0 spiro atoms. The second kappa shape index (κ2) is 8.09. The Morgan fingerprint density at radius 3 is 2.39 bits per heavy atom. The predicted octanol–water partition coefficient (Wildman–Crippen LogP) is 5.60. The first-order valence-corrected chi connectivity index (χ1v) is 8.70. The summed E-state index contributed by atoms with van der Waals surface area (Å²) in [6.45, 7) is 0. The van der Waals surface area contributed by atoms with E-state index < -0.39 is 10.8 Å². The molecule has 6 nitrogen and oxygen atoms in total. The maximum absolute atomic E-state index is 12.6. The zero-order valence-electron chi connectivity index (χ0n) is 14.1. The zero-order valence-corrected chi connectivity index (χ0v) is 15.7. The molecule has 3 aromatic carbocycles. The van der Waals surface area contributed by atoms with Crippen LogP contribution in [0.15, 0.2) is 60.2 Å². The van der Waals surface area contributed by atoms with Crippen molar-refractivity contribution in [2.24, 2.45) is 0 Å². The fourth-order valence-electron chi connectivity index (χ4n) is 2.65. The van der Waals surface area contributed by atoms with E-state index in [2.05, 4.69) is 5.32 Å². The summed E-state index contributed by atoms with van der Waals surface area (Å²) in [7, 11) is 0. The van der Waals surface area contributed by atoms with Crippen LogP contribution in [0, 0.1) is 21.4 Å². The lowest BCUT2D eigenvalue weighted by molar-refractivity contribution is -0.384. The molecule has 0 saturated heterocycles. The van der Waals surface area contributed by atoms with Gasteiger partial charge in [0.05, 0.1) is 20.7 Å². The Bertz CT molecular complexity index is 1150. The smallest absolute Gasteiger partial charge is 0.272 e. The molecule has 1 N–H and O–H groups in total. The first-order chi connectivity index (χ1) is 13.4. The van der Waals surface area contributed by atoms with Crippen molar-refractivity contribution in [2.45, 2.75) is 0 Å². The van der Waals surface area contributed by atoms with Crippen LogP contribution in [0.3, 0.4) is 0 Å². The van der Waals surface area contributed by atoms with Crippen molar-refractivity contribution >= 4 is 57.3 Å². The predicted molar refractivity (Wildman–Crippen MR) is 109 cm³/mol. The molecule has 1 amide bonds. The van der Waals surface area contributed by atoms with Crippen LogP contribution in [0.1, 0.15) is 5.56 Å². The number of rotatable bonds is 4. The highest BCUT2D eigenvalue weighted by molar-refractivity contribution is 6.40. The molecule has 0 aliphatic heterocycles. The molecule has 3 aromatic rings. The summed E-state index contributed by atoms with van der Waals surface area (Å²) in [5.74, 6) is -0.729. The molecule has 0 fully saturated rings. The normalized spacial score (nSPS) is 11.1. The minimum Gasteiger partial charge on any atom is -0.319 e. The molecule has 138 valence electrons. The number of nitro benzene ring substituents is 1. The number of non-ortho nitro benzene ring substituents is 1. The number of benzene rings is 3. The molecule has 0 heterocycles. The van der Waals surface area contributed by atoms with Gasteiger partial charge in [-0.05, 0) is 22.4 Å². The van der Waals surface area contributed by atoms with Gasteiger partial charge in [0.25, 0.3) is 11.6 Å². The number of nitrogens with one attached hydrogen (secondary N) is 1. The molecule has 3 rings (SSSR count). The minimum absolute atomic E-state index is 0.00185. The number of nitro groups is 1. The average molecular weight is 412 g/mol. The van der Waals surface area contributed by atoms with Gasteiger partial charge in [-0.25, -0.2) is 0 Å². The zero-order chi connectivity index (χ0) is 20.3. The van der Waals surface area contributed by atoms with Gasteiger partial charge in [0.15, 0.2) is 0 Å². The van der Waals surface area contributed by atoms with E-state index in [-0.39, 0.29) is 27.0 Å². The summed E-state index contributed by atoms with van der Waals surface area (Å²) in [5.41, 5.74) is 0.227. The average Bonchev–Trinajstić information content (AvgIpc) is 2.68. The lowest BCUT2D eigenvalue weighted by Gasteiger charge is -2.09. The Labute approximate surface area is 169 Å². The molecule has 0 atom stereocenters. The van der Waals surface area contributed by atoms with Gasteiger partial charge in [-0.3, -0.25) is 14.9 Å². The largest absolute Gasteiger partial charge is 0.319 e. The SMILES string of the molecule is N#C/C(=C\c1cccc2ccccc12)C(=O)Nc1c(Cl)cc([N+](=O)[O-])cc1Cl. The second-order valence-corrected chi connectivity index (χ2v) is 6.55. The highest BCUT2D eigenvalue weighted by Gasteiger charge is 2.18. The fraction of sp³-hybridized carbons (Fsp3) is 0. The van der Waals surface area contributed by atoms with Crippen molar-refractivity contribution in [2.75, 3.05) is 5.32 Å². The van der Waals surface area contributed by atoms with Gasteiger partial charge in [-0.2, -0.15) is 5.26 Å². The van der Waals surface area contributed by atoms with Crippen molar-refractivity contribution < 1.29 is 9.72 Å². The van der Waals surface area contributed by atoms with Gasteiger partial charge in [-0.1, -0.05) is 65.7 Å². The van der Waals surface area contributed by atoms with Crippen LogP contribution in [0.5, 0.6) is 0 Å². The second-order valence-electron chi connectivity index (χ2n) is 5.73. The summed E-state index contributed by atoms with van der Waals surface area (Å²) in [5, 5.41) is 24.4. The van der Waals surface area contributed by atoms with E-state index in [1.807, 2.05) is 42.5 Å². The van der Waals surface area contributed by atoms with Gasteiger partial charge < -0.3 is 5.32 Å². The fourth-order valence-corrected chi connectivity index (χ4v) is 3.22. The maximum Gasteiger partial charge on any atom is 0.272 e. The van der Waals surface area contributed by atoms with E-state index in [0.29, 0.717) is 5.56 Å². The van der Waals surface area contributed by atoms with E-state index >= 15 is 0 Å². The summed E-state index contributed by atoms with van der Waals surface area (Å²) >= 11 is 12.0. The molecule has 0 saturated carbocycles. The number of nitrogens with zero attached hydrogens (tertiary/aromatic N) is 2. The molecule has 0 aromatic heterocycles. The molecule has 0 bridgehead atoms. The van der Waals surface area contributed by atoms with Crippen LogP contribution in [-0.2, 0) is 4.79 Å². The Balaban J connectivity index is 1.96. The van der Waals surface area contributed by atoms with Crippen molar-refractivity contribution in [3.8, 4) is 6.07 Å². The minimum atomic E-state index is -0.729. The lowest BCUT2D eigenvalue weighted by atomic mass is 10.0. The van der Waals surface area contributed by atoms with Gasteiger partial charge in [0.2, 0.25) is 0 Å². The van der Waals surface area contributed by atoms with E-state index in [9.17, 15) is 20.2 Å². The van der Waals surface area contributed by atoms with Crippen molar-refractivity contribution in [3.05, 3.63) is 85.9 Å². The van der Waals surface area contributed by atoms with Gasteiger partial charge in [0.1, 0.15) is 11.6 Å². The van der Waals surface area contributed by atoms with Gasteiger partial charge in [0, 0.05) is 12.1 Å². The molecule has 0 aliphatic carbocycles. The van der Waals surface area contributed by atoms with E-state index in [4.69, 9.17) is 23.2 Å². The Morgan fingerprint density at radius 2 is 1.75 bits per heavy atom. The lowest BCUT2D eigenvalue weighted by Crippen LogP contribution is -2.14. The molecular weight excluding hydrogens is 401 g/mol. The molecule has 0 radical (unpaired) electrons. The van der Waals surface area contributed by atoms with E-state index in [1.54, 1.807) is 6.07 Å². The first-order valence-electron chi connectivity index (χ1n) is 7.95. The number of hydrogen-bond donors (Lipinski definition) is 1. The van der Waals surface area contributed by atoms with Crippen LogP contribution in [0.4, 0.5) is 11.4 Å². The quantitative estimate of drug-likeness (QED) is 0.261. The maximum atomic E-state index is 12.6. The Hall–Kier alpha value is -3.40. The number of carbonyl (C=O) groups excluding carboxylic acids is 1. The summed E-state index contributed by atoms with van der Waals surface area (Å²) in [6, 6.07) is 17.1. The molecular formula is C20H11Cl2N3O3. The Kier molecular flexibility index (Phi) is 5.59. The molecule has 0 unspecified atom stereocenters. The number of nitriles is 1. The summed E-state index contributed by atoms with van der Waals surface area (Å²) < 4.78 is 0. The van der Waals surface area contributed by atoms with E-state index in [1.165, 1.54) is 6.08 Å². The van der Waals surface area contributed by atoms with Crippen LogP contribution in [-0.4, -0.2) is 10.8 Å². The van der Waals surface area contributed by atoms with Crippen LogP contribution < -0.4 is 5.32 Å². The van der Waals surface area contributed by atoms with Gasteiger partial charge >= 0.3 is 0 Å². The third-order valence-corrected chi connectivity index (χ3v) is 4.56. The number of fused-ring (bicyclic) bond motifs is 1. The number of amides is 1. The van der Waals surface area contributed by atoms with Crippen molar-refractivity contribution in [1.29, 1.82) is 5.26 Å². The highest BCUT2D eigenvalue weighted by Crippen LogP contribution is 2.35. The Morgan fingerprint density at radius 1 is 1.11 bits per heavy atom. The molecule has 0 aliphatic rings. The third kappa shape index (κ3) is 3.96. The number of carbonyl (C=O) groups is 1. The third-order valence-electron chi connectivity index (χ3n) is 3.96. The topological polar surface area (TPSA) is 96.0 Å². The van der Waals surface area contributed by atoms with E-state index in [0.717, 1.165) is 22.9 Å². The monoisotopic (exact) mass is 411 g/mol. The van der Waals surface area contributed by atoms with Crippen molar-refractivity contribution in [3.63, 3.8) is 0 Å². The highest BCUT2D eigenvalue weighted by atomic mass is 35.5. The first kappa shape index (κ1) is 19.4. The molecule has 8 heteroatoms. The standard InChI is InChI=1S/C20H11Cl2N3O3/c21-17-9-15(25(27)28)10-18(22)19(17)24-20(26)14(11-23)8-13-6-3-5-12-4-1-2-7-16(12)13/h1-10H,(H,24,26)/b14-8+. The van der Waals surface area contributed by atoms with Crippen molar-refractivity contribution in [1.82, 2.24) is 0 Å². The number of hydrogen-bond acceptors (Lipinski definition) is 4. The summed E-state index contributed by atoms with van der Waals surface area (Å²) in [6.07, 6.45) is 1.46. The number of anilines is 1. The van der Waals surface area contributed by atoms with Crippen LogP contribution in [0.25, 0.3) is 16.8 Å². The summed E-state index contributed by atoms with van der Waals surface area (Å²) in [4.78, 5) is 22.8. The van der Waals surface area contributed by atoms with Crippen LogP contribution >= 0.6 is 23.2 Å². The number of halogens is 2. The van der Waals surface area contributed by atoms with Gasteiger partial charge in [-0.15, -0.1) is 0 Å². The van der Waals surface area contributed by atoms with Crippen LogP contribution in [0.2, 0.25) is 10.0 Å². The molecule has 28 heavy (non-hydrogen) atoms.